The van der Waals surface area contributed by atoms with Crippen molar-refractivity contribution in [2.24, 2.45) is 0 Å². The van der Waals surface area contributed by atoms with Crippen LogP contribution in [0.4, 0.5) is 0 Å². The first kappa shape index (κ1) is 10.4. The van der Waals surface area contributed by atoms with Gasteiger partial charge in [-0.3, -0.25) is 4.79 Å². The Morgan fingerprint density at radius 1 is 1.38 bits per heavy atom. The molecule has 0 unspecified atom stereocenters. The zero-order valence-electron chi connectivity index (χ0n) is 9.15. The molecule has 0 atom stereocenters. The summed E-state index contributed by atoms with van der Waals surface area (Å²) in [5.41, 5.74) is 1.67. The van der Waals surface area contributed by atoms with Crippen molar-refractivity contribution < 1.29 is 9.53 Å². The number of Topliss-reactive ketones (excluding diaryl/α,β-unsaturated/α-hetero) is 1. The van der Waals surface area contributed by atoms with E-state index in [2.05, 4.69) is 9.97 Å². The summed E-state index contributed by atoms with van der Waals surface area (Å²) >= 11 is 0. The highest BCUT2D eigenvalue weighted by Gasteiger charge is 2.09. The average molecular weight is 216 g/mol. The van der Waals surface area contributed by atoms with E-state index in [0.717, 1.165) is 17.0 Å². The van der Waals surface area contributed by atoms with Gasteiger partial charge in [-0.05, 0) is 12.1 Å². The number of aromatic nitrogens is 2. The number of hydrogen-bond donors (Lipinski definition) is 1. The molecule has 0 spiro atoms. The van der Waals surface area contributed by atoms with Gasteiger partial charge in [0.25, 0.3) is 0 Å². The van der Waals surface area contributed by atoms with E-state index in [1.54, 1.807) is 13.3 Å². The van der Waals surface area contributed by atoms with Crippen molar-refractivity contribution in [3.8, 4) is 17.0 Å². The zero-order valence-corrected chi connectivity index (χ0v) is 9.15. The van der Waals surface area contributed by atoms with Crippen LogP contribution in [0.2, 0.25) is 0 Å². The lowest BCUT2D eigenvalue weighted by molar-refractivity contribution is 0.100. The molecule has 0 radical (unpaired) electrons. The number of H-pyrrole nitrogens is 1. The summed E-state index contributed by atoms with van der Waals surface area (Å²) in [4.78, 5) is 18.1. The summed E-state index contributed by atoms with van der Waals surface area (Å²) in [6, 6.07) is 7.58. The van der Waals surface area contributed by atoms with Crippen molar-refractivity contribution >= 4 is 5.78 Å². The molecular formula is C12H12N2O2. The van der Waals surface area contributed by atoms with Crippen LogP contribution in [0, 0.1) is 0 Å². The Kier molecular flexibility index (Phi) is 2.72. The molecule has 4 nitrogen and oxygen atoms in total. The Hall–Kier alpha value is -2.10. The van der Waals surface area contributed by atoms with E-state index in [0.29, 0.717) is 5.82 Å². The Labute approximate surface area is 93.3 Å². The first-order valence-electron chi connectivity index (χ1n) is 4.91. The minimum atomic E-state index is -0.0823. The maximum atomic E-state index is 11.1. The van der Waals surface area contributed by atoms with Crippen molar-refractivity contribution in [2.75, 3.05) is 7.11 Å². The number of ketones is 1. The van der Waals surface area contributed by atoms with Gasteiger partial charge in [0.15, 0.2) is 11.6 Å². The summed E-state index contributed by atoms with van der Waals surface area (Å²) in [5, 5.41) is 0. The number of benzene rings is 1. The van der Waals surface area contributed by atoms with Gasteiger partial charge in [-0.25, -0.2) is 4.98 Å². The minimum absolute atomic E-state index is 0.0823. The standard InChI is InChI=1S/C12H12N2O2/c1-8(15)12-13-7-10(14-12)9-5-3-4-6-11(9)16-2/h3-7H,1-2H3,(H,13,14). The average Bonchev–Trinajstić information content (AvgIpc) is 2.78. The maximum absolute atomic E-state index is 11.1. The quantitative estimate of drug-likeness (QED) is 0.801. The van der Waals surface area contributed by atoms with Crippen molar-refractivity contribution in [1.29, 1.82) is 0 Å². The van der Waals surface area contributed by atoms with Crippen molar-refractivity contribution in [3.63, 3.8) is 0 Å². The Bertz CT molecular complexity index is 517. The molecule has 0 bridgehead atoms. The van der Waals surface area contributed by atoms with E-state index in [4.69, 9.17) is 4.74 Å². The largest absolute Gasteiger partial charge is 0.496 e. The lowest BCUT2D eigenvalue weighted by Crippen LogP contribution is -1.94. The number of ether oxygens (including phenoxy) is 1. The number of methoxy groups -OCH3 is 1. The molecular weight excluding hydrogens is 204 g/mol. The van der Waals surface area contributed by atoms with E-state index in [1.165, 1.54) is 6.92 Å². The van der Waals surface area contributed by atoms with Crippen LogP contribution in [-0.4, -0.2) is 22.9 Å². The van der Waals surface area contributed by atoms with Crippen LogP contribution >= 0.6 is 0 Å². The van der Waals surface area contributed by atoms with Crippen LogP contribution in [0.25, 0.3) is 11.3 Å². The third kappa shape index (κ3) is 1.82. The summed E-state index contributed by atoms with van der Waals surface area (Å²) in [7, 11) is 1.61. The molecule has 0 fully saturated rings. The summed E-state index contributed by atoms with van der Waals surface area (Å²) in [6.07, 6.45) is 1.63. The first-order valence-corrected chi connectivity index (χ1v) is 4.91. The number of carbonyl (C=O) groups is 1. The zero-order chi connectivity index (χ0) is 11.5. The molecule has 1 aromatic heterocycles. The Balaban J connectivity index is 2.46. The van der Waals surface area contributed by atoms with Crippen molar-refractivity contribution in [2.45, 2.75) is 6.92 Å². The van der Waals surface area contributed by atoms with Gasteiger partial charge in [0, 0.05) is 12.5 Å². The van der Waals surface area contributed by atoms with Crippen LogP contribution in [-0.2, 0) is 0 Å². The molecule has 2 rings (SSSR count). The number of imidazole rings is 1. The van der Waals surface area contributed by atoms with Gasteiger partial charge >= 0.3 is 0 Å². The molecule has 16 heavy (non-hydrogen) atoms. The Morgan fingerprint density at radius 3 is 2.75 bits per heavy atom. The van der Waals surface area contributed by atoms with Crippen LogP contribution in [0.5, 0.6) is 5.75 Å². The summed E-state index contributed by atoms with van der Waals surface area (Å²) in [6.45, 7) is 1.48. The fourth-order valence-corrected chi connectivity index (χ4v) is 1.50. The SMILES string of the molecule is COc1ccccc1-c1cnc(C(C)=O)[nH]1. The van der Waals surface area contributed by atoms with Crippen LogP contribution in [0.15, 0.2) is 30.5 Å². The highest BCUT2D eigenvalue weighted by molar-refractivity contribution is 5.91. The number of rotatable bonds is 3. The molecule has 4 heteroatoms. The number of carbonyl (C=O) groups excluding carboxylic acids is 1. The second kappa shape index (κ2) is 4.18. The Morgan fingerprint density at radius 2 is 2.12 bits per heavy atom. The number of hydrogen-bond acceptors (Lipinski definition) is 3. The molecule has 1 aromatic carbocycles. The van der Waals surface area contributed by atoms with Crippen molar-refractivity contribution in [3.05, 3.63) is 36.3 Å². The van der Waals surface area contributed by atoms with Crippen LogP contribution in [0.1, 0.15) is 17.5 Å². The number of para-hydroxylation sites is 1. The van der Waals surface area contributed by atoms with E-state index in [1.807, 2.05) is 24.3 Å². The van der Waals surface area contributed by atoms with Gasteiger partial charge in [0.1, 0.15) is 5.75 Å². The molecule has 82 valence electrons. The molecule has 0 aliphatic heterocycles. The molecule has 0 saturated heterocycles. The van der Waals surface area contributed by atoms with E-state index in [9.17, 15) is 4.79 Å². The van der Waals surface area contributed by atoms with Gasteiger partial charge in [0.05, 0.1) is 19.0 Å². The number of nitrogens with zero attached hydrogens (tertiary/aromatic N) is 1. The van der Waals surface area contributed by atoms with Crippen LogP contribution < -0.4 is 4.74 Å². The highest BCUT2D eigenvalue weighted by Crippen LogP contribution is 2.27. The molecule has 2 aromatic rings. The number of aromatic amines is 1. The van der Waals surface area contributed by atoms with E-state index in [-0.39, 0.29) is 5.78 Å². The predicted molar refractivity (Wildman–Crippen MR) is 60.6 cm³/mol. The molecule has 0 aliphatic carbocycles. The van der Waals surface area contributed by atoms with Crippen LogP contribution in [0.3, 0.4) is 0 Å². The van der Waals surface area contributed by atoms with Gasteiger partial charge in [-0.1, -0.05) is 12.1 Å². The van der Waals surface area contributed by atoms with Gasteiger partial charge in [-0.2, -0.15) is 0 Å². The van der Waals surface area contributed by atoms with Gasteiger partial charge in [0.2, 0.25) is 0 Å². The highest BCUT2D eigenvalue weighted by atomic mass is 16.5. The molecule has 1 N–H and O–H groups in total. The first-order chi connectivity index (χ1) is 7.72. The monoisotopic (exact) mass is 216 g/mol. The smallest absolute Gasteiger partial charge is 0.194 e. The maximum Gasteiger partial charge on any atom is 0.194 e. The molecule has 0 aliphatic rings. The van der Waals surface area contributed by atoms with E-state index >= 15 is 0 Å². The summed E-state index contributed by atoms with van der Waals surface area (Å²) in [5.74, 6) is 1.03. The fourth-order valence-electron chi connectivity index (χ4n) is 1.50. The summed E-state index contributed by atoms with van der Waals surface area (Å²) < 4.78 is 5.24. The minimum Gasteiger partial charge on any atom is -0.496 e. The fraction of sp³-hybridized carbons (Fsp3) is 0.167. The molecule has 1 heterocycles. The normalized spacial score (nSPS) is 10.1. The molecule has 0 saturated carbocycles. The predicted octanol–water partition coefficient (Wildman–Crippen LogP) is 2.29. The molecule has 0 amide bonds. The van der Waals surface area contributed by atoms with Crippen molar-refractivity contribution in [1.82, 2.24) is 9.97 Å². The topological polar surface area (TPSA) is 55.0 Å². The lowest BCUT2D eigenvalue weighted by atomic mass is 10.1. The van der Waals surface area contributed by atoms with Gasteiger partial charge in [-0.15, -0.1) is 0 Å². The third-order valence-electron chi connectivity index (χ3n) is 2.31. The number of nitrogens with one attached hydrogen (secondary N) is 1. The second-order valence-corrected chi connectivity index (χ2v) is 3.40. The third-order valence-corrected chi connectivity index (χ3v) is 2.31. The van der Waals surface area contributed by atoms with E-state index < -0.39 is 0 Å². The second-order valence-electron chi connectivity index (χ2n) is 3.40. The van der Waals surface area contributed by atoms with Gasteiger partial charge < -0.3 is 9.72 Å². The lowest BCUT2D eigenvalue weighted by Gasteiger charge is -2.05.